The molecule has 0 radical (unpaired) electrons. The highest BCUT2D eigenvalue weighted by molar-refractivity contribution is 5.78. The van der Waals surface area contributed by atoms with Gasteiger partial charge in [-0.15, -0.1) is 0 Å². The lowest BCUT2D eigenvalue weighted by Crippen LogP contribution is -2.34. The Kier molecular flexibility index (Phi) is 5.45. The maximum Gasteiger partial charge on any atom is 0.188 e. The van der Waals surface area contributed by atoms with Gasteiger partial charge in [0.15, 0.2) is 5.96 Å². The van der Waals surface area contributed by atoms with Crippen molar-refractivity contribution >= 4 is 5.96 Å². The Labute approximate surface area is 108 Å². The summed E-state index contributed by atoms with van der Waals surface area (Å²) >= 11 is 0. The topological polar surface area (TPSA) is 66.8 Å². The largest absolute Gasteiger partial charge is 0.468 e. The summed E-state index contributed by atoms with van der Waals surface area (Å²) in [4.78, 5) is 6.36. The minimum Gasteiger partial charge on any atom is -0.468 e. The molecular formula is C13H22N4O. The van der Waals surface area contributed by atoms with Crippen molar-refractivity contribution in [2.45, 2.75) is 13.0 Å². The highest BCUT2D eigenvalue weighted by atomic mass is 16.3. The molecule has 5 heteroatoms. The number of aliphatic imine (C=N–C) groups is 1. The van der Waals surface area contributed by atoms with Crippen LogP contribution >= 0.6 is 0 Å². The molecule has 5 nitrogen and oxygen atoms in total. The Hall–Kier alpha value is -1.75. The molecule has 0 aromatic carbocycles. The average molecular weight is 250 g/mol. The summed E-state index contributed by atoms with van der Waals surface area (Å²) < 4.78 is 5.40. The van der Waals surface area contributed by atoms with Crippen molar-refractivity contribution in [2.75, 3.05) is 27.2 Å². The Balaban J connectivity index is 2.57. The van der Waals surface area contributed by atoms with E-state index >= 15 is 0 Å². The molecule has 0 spiro atoms. The fourth-order valence-corrected chi connectivity index (χ4v) is 1.47. The van der Waals surface area contributed by atoms with Crippen LogP contribution in [0.25, 0.3) is 0 Å². The first-order valence-corrected chi connectivity index (χ1v) is 5.88. The quantitative estimate of drug-likeness (QED) is 0.454. The molecule has 18 heavy (non-hydrogen) atoms. The first-order chi connectivity index (χ1) is 8.50. The third-order valence-corrected chi connectivity index (χ3v) is 2.50. The van der Waals surface area contributed by atoms with E-state index in [1.54, 1.807) is 6.26 Å². The molecule has 0 amide bonds. The van der Waals surface area contributed by atoms with Gasteiger partial charge in [-0.05, 0) is 33.2 Å². The normalized spacial score (nSPS) is 13.7. The molecule has 0 fully saturated rings. The van der Waals surface area contributed by atoms with E-state index in [4.69, 9.17) is 10.2 Å². The van der Waals surface area contributed by atoms with E-state index in [9.17, 15) is 0 Å². The predicted molar refractivity (Wildman–Crippen MR) is 74.4 cm³/mol. The molecule has 1 aromatic heterocycles. The molecule has 1 rings (SSSR count). The molecule has 100 valence electrons. The van der Waals surface area contributed by atoms with Crippen LogP contribution < -0.4 is 11.1 Å². The standard InChI is InChI=1S/C13H22N4O/c1-10(2)8-15-13(14)16-9-11(17(3)4)12-6-5-7-18-12/h5-7,11H,1,8-9H2,2-4H3,(H3,14,15,16). The average Bonchev–Trinajstić information content (AvgIpc) is 2.79. The molecular weight excluding hydrogens is 228 g/mol. The van der Waals surface area contributed by atoms with Crippen molar-refractivity contribution < 1.29 is 4.42 Å². The molecule has 0 aliphatic rings. The number of guanidine groups is 1. The second-order valence-electron chi connectivity index (χ2n) is 4.53. The highest BCUT2D eigenvalue weighted by Crippen LogP contribution is 2.18. The summed E-state index contributed by atoms with van der Waals surface area (Å²) in [6, 6.07) is 3.90. The minimum absolute atomic E-state index is 0.0881. The van der Waals surface area contributed by atoms with Gasteiger partial charge >= 0.3 is 0 Å². The number of nitrogens with two attached hydrogens (primary N) is 1. The van der Waals surface area contributed by atoms with Crippen LogP contribution in [-0.2, 0) is 0 Å². The number of rotatable bonds is 6. The van der Waals surface area contributed by atoms with Gasteiger partial charge in [0.2, 0.25) is 0 Å². The number of likely N-dealkylation sites (N-methyl/N-ethyl adjacent to an activating group) is 1. The summed E-state index contributed by atoms with van der Waals surface area (Å²) in [6.45, 7) is 6.92. The van der Waals surface area contributed by atoms with Crippen molar-refractivity contribution in [1.29, 1.82) is 0 Å². The summed E-state index contributed by atoms with van der Waals surface area (Å²) in [6.07, 6.45) is 1.66. The second kappa shape index (κ2) is 6.86. The Morgan fingerprint density at radius 3 is 2.83 bits per heavy atom. The van der Waals surface area contributed by atoms with Crippen LogP contribution in [0, 0.1) is 0 Å². The molecule has 1 aromatic rings. The Morgan fingerprint density at radius 2 is 2.33 bits per heavy atom. The predicted octanol–water partition coefficient (Wildman–Crippen LogP) is 1.36. The summed E-state index contributed by atoms with van der Waals surface area (Å²) in [5.41, 5.74) is 6.79. The third kappa shape index (κ3) is 4.63. The lowest BCUT2D eigenvalue weighted by atomic mass is 10.2. The third-order valence-electron chi connectivity index (χ3n) is 2.50. The molecule has 0 aliphatic carbocycles. The van der Waals surface area contributed by atoms with Crippen LogP contribution in [0.2, 0.25) is 0 Å². The molecule has 1 atom stereocenters. The minimum atomic E-state index is 0.0881. The van der Waals surface area contributed by atoms with Crippen molar-refractivity contribution in [3.8, 4) is 0 Å². The maximum atomic E-state index is 5.77. The highest BCUT2D eigenvalue weighted by Gasteiger charge is 2.16. The van der Waals surface area contributed by atoms with Gasteiger partial charge in [-0.1, -0.05) is 12.2 Å². The van der Waals surface area contributed by atoms with Crippen LogP contribution in [-0.4, -0.2) is 38.0 Å². The number of furan rings is 1. The lowest BCUT2D eigenvalue weighted by molar-refractivity contribution is 0.265. The van der Waals surface area contributed by atoms with Crippen molar-refractivity contribution in [2.24, 2.45) is 10.7 Å². The van der Waals surface area contributed by atoms with E-state index in [-0.39, 0.29) is 6.04 Å². The number of nitrogens with zero attached hydrogens (tertiary/aromatic N) is 2. The first-order valence-electron chi connectivity index (χ1n) is 5.88. The smallest absolute Gasteiger partial charge is 0.188 e. The summed E-state index contributed by atoms with van der Waals surface area (Å²) in [7, 11) is 3.97. The molecule has 0 saturated heterocycles. The van der Waals surface area contributed by atoms with Crippen molar-refractivity contribution in [3.63, 3.8) is 0 Å². The Morgan fingerprint density at radius 1 is 1.61 bits per heavy atom. The Bertz CT molecular complexity index is 395. The number of hydrogen-bond acceptors (Lipinski definition) is 3. The van der Waals surface area contributed by atoms with Gasteiger partial charge in [-0.2, -0.15) is 0 Å². The molecule has 1 heterocycles. The van der Waals surface area contributed by atoms with Crippen LogP contribution in [0.5, 0.6) is 0 Å². The fourth-order valence-electron chi connectivity index (χ4n) is 1.47. The summed E-state index contributed by atoms with van der Waals surface area (Å²) in [5, 5.41) is 3.00. The van der Waals surface area contributed by atoms with Crippen LogP contribution in [0.4, 0.5) is 0 Å². The van der Waals surface area contributed by atoms with Gasteiger partial charge < -0.3 is 15.5 Å². The van der Waals surface area contributed by atoms with E-state index < -0.39 is 0 Å². The van der Waals surface area contributed by atoms with Gasteiger partial charge in [0.25, 0.3) is 0 Å². The first kappa shape index (κ1) is 14.3. The van der Waals surface area contributed by atoms with Crippen LogP contribution in [0.3, 0.4) is 0 Å². The van der Waals surface area contributed by atoms with Crippen LogP contribution in [0.15, 0.2) is 40.0 Å². The van der Waals surface area contributed by atoms with Crippen LogP contribution in [0.1, 0.15) is 18.7 Å². The molecule has 1 unspecified atom stereocenters. The number of nitrogens with one attached hydrogen (secondary N) is 1. The van der Waals surface area contributed by atoms with E-state index in [0.29, 0.717) is 19.0 Å². The van der Waals surface area contributed by atoms with E-state index in [1.165, 1.54) is 0 Å². The molecule has 0 aliphatic heterocycles. The SMILES string of the molecule is C=C(C)CNC(N)=NCC(c1ccco1)N(C)C. The zero-order valence-corrected chi connectivity index (χ0v) is 11.3. The monoisotopic (exact) mass is 250 g/mol. The van der Waals surface area contributed by atoms with Crippen molar-refractivity contribution in [1.82, 2.24) is 10.2 Å². The van der Waals surface area contributed by atoms with Gasteiger partial charge in [0.05, 0.1) is 18.8 Å². The van der Waals surface area contributed by atoms with Gasteiger partial charge in [0, 0.05) is 6.54 Å². The van der Waals surface area contributed by atoms with E-state index in [2.05, 4.69) is 16.9 Å². The maximum absolute atomic E-state index is 5.77. The second-order valence-corrected chi connectivity index (χ2v) is 4.53. The zero-order chi connectivity index (χ0) is 13.5. The van der Waals surface area contributed by atoms with Gasteiger partial charge in [0.1, 0.15) is 5.76 Å². The van der Waals surface area contributed by atoms with Gasteiger partial charge in [-0.3, -0.25) is 9.89 Å². The molecule has 0 saturated carbocycles. The number of hydrogen-bond donors (Lipinski definition) is 2. The molecule has 0 bridgehead atoms. The lowest BCUT2D eigenvalue weighted by Gasteiger charge is -2.20. The fraction of sp³-hybridized carbons (Fsp3) is 0.462. The van der Waals surface area contributed by atoms with E-state index in [1.807, 2.05) is 38.1 Å². The zero-order valence-electron chi connectivity index (χ0n) is 11.3. The summed E-state index contributed by atoms with van der Waals surface area (Å²) in [5.74, 6) is 1.31. The molecule has 3 N–H and O–H groups in total. The van der Waals surface area contributed by atoms with Gasteiger partial charge in [-0.25, -0.2) is 0 Å². The van der Waals surface area contributed by atoms with E-state index in [0.717, 1.165) is 11.3 Å². The van der Waals surface area contributed by atoms with Crippen molar-refractivity contribution in [3.05, 3.63) is 36.3 Å².